The maximum Gasteiger partial charge on any atom is 0.296 e. The van der Waals surface area contributed by atoms with E-state index in [1.165, 1.54) is 11.8 Å². The quantitative estimate of drug-likeness (QED) is 0.684. The van der Waals surface area contributed by atoms with Gasteiger partial charge in [0, 0.05) is 24.0 Å². The zero-order valence-corrected chi connectivity index (χ0v) is 16.3. The van der Waals surface area contributed by atoms with E-state index < -0.39 is 42.6 Å². The fourth-order valence-corrected chi connectivity index (χ4v) is 3.81. The lowest BCUT2D eigenvalue weighted by molar-refractivity contribution is -0.117. The molecule has 154 valence electrons. The number of H-pyrrole nitrogens is 1. The predicted octanol–water partition coefficient (Wildman–Crippen LogP) is 2.38. The van der Waals surface area contributed by atoms with Crippen LogP contribution in [-0.2, 0) is 4.79 Å². The van der Waals surface area contributed by atoms with Gasteiger partial charge in [-0.1, -0.05) is 5.92 Å². The van der Waals surface area contributed by atoms with Gasteiger partial charge in [-0.05, 0) is 38.3 Å². The number of alkyl halides is 2. The molecule has 2 heterocycles. The molecule has 3 rings (SSSR count). The predicted molar refractivity (Wildman–Crippen MR) is 103 cm³/mol. The van der Waals surface area contributed by atoms with Crippen molar-refractivity contribution in [3.05, 3.63) is 28.7 Å². The lowest BCUT2D eigenvalue weighted by atomic mass is 9.98. The Bertz CT molecular complexity index is 1070. The van der Waals surface area contributed by atoms with E-state index >= 15 is 4.39 Å². The number of primary amides is 1. The number of aryl methyl sites for hydroxylation is 2. The van der Waals surface area contributed by atoms with E-state index in [-0.39, 0.29) is 17.8 Å². The molecular weight excluding hydrogens is 385 g/mol. The number of aromatic amines is 1. The first-order chi connectivity index (χ1) is 13.5. The number of fused-ring (bicyclic) bond motifs is 1. The summed E-state index contributed by atoms with van der Waals surface area (Å²) in [6.07, 6.45) is -0.573. The van der Waals surface area contributed by atoms with E-state index in [9.17, 15) is 18.4 Å². The number of benzene rings is 1. The Hall–Kier alpha value is -3.15. The van der Waals surface area contributed by atoms with Gasteiger partial charge in [0.2, 0.25) is 0 Å². The number of piperidine rings is 1. The third-order valence-corrected chi connectivity index (χ3v) is 5.07. The Balaban J connectivity index is 2.12. The number of rotatable bonds is 3. The van der Waals surface area contributed by atoms with Crippen molar-refractivity contribution in [2.24, 2.45) is 5.73 Å². The Morgan fingerprint density at radius 3 is 2.69 bits per heavy atom. The van der Waals surface area contributed by atoms with Gasteiger partial charge < -0.3 is 20.9 Å². The van der Waals surface area contributed by atoms with Crippen LogP contribution < -0.4 is 16.0 Å². The minimum atomic E-state index is -3.16. The van der Waals surface area contributed by atoms with Gasteiger partial charge in [-0.25, -0.2) is 13.2 Å². The summed E-state index contributed by atoms with van der Waals surface area (Å²) >= 11 is 0. The van der Waals surface area contributed by atoms with Crippen molar-refractivity contribution in [2.75, 3.05) is 18.0 Å². The topological polar surface area (TPSA) is 91.2 Å². The van der Waals surface area contributed by atoms with Crippen LogP contribution in [0.25, 0.3) is 10.9 Å². The van der Waals surface area contributed by atoms with E-state index in [1.807, 2.05) is 0 Å². The molecule has 1 aliphatic rings. The van der Waals surface area contributed by atoms with Crippen LogP contribution in [0.5, 0.6) is 0 Å². The molecule has 0 radical (unpaired) electrons. The Morgan fingerprint density at radius 2 is 2.07 bits per heavy atom. The van der Waals surface area contributed by atoms with Crippen molar-refractivity contribution in [1.29, 1.82) is 0 Å². The SMILES string of the molecule is CC#CC(=O)N[C@@H]1CN(c2c(F)cc(C(N)=O)c3[nH]c(C)c(C)c23)CC(F)(F)C1. The molecule has 1 fully saturated rings. The van der Waals surface area contributed by atoms with E-state index in [2.05, 4.69) is 22.1 Å². The fraction of sp³-hybridized carbons (Fsp3) is 0.400. The smallest absolute Gasteiger partial charge is 0.296 e. The number of carbonyl (C=O) groups excluding carboxylic acids is 2. The molecule has 0 unspecified atom stereocenters. The first kappa shape index (κ1) is 20.6. The van der Waals surface area contributed by atoms with Crippen LogP contribution in [0.4, 0.5) is 18.9 Å². The molecule has 29 heavy (non-hydrogen) atoms. The Kier molecular flexibility index (Phi) is 5.22. The second-order valence-electron chi connectivity index (χ2n) is 7.23. The average Bonchev–Trinajstić information content (AvgIpc) is 2.88. The molecule has 0 aliphatic carbocycles. The first-order valence-corrected chi connectivity index (χ1v) is 9.01. The normalized spacial score (nSPS) is 18.3. The van der Waals surface area contributed by atoms with Gasteiger partial charge in [-0.2, -0.15) is 0 Å². The second-order valence-corrected chi connectivity index (χ2v) is 7.23. The number of amides is 2. The van der Waals surface area contributed by atoms with Crippen molar-refractivity contribution in [3.8, 4) is 11.8 Å². The van der Waals surface area contributed by atoms with Crippen molar-refractivity contribution >= 4 is 28.4 Å². The molecule has 4 N–H and O–H groups in total. The zero-order valence-electron chi connectivity index (χ0n) is 16.3. The molecule has 1 aromatic carbocycles. The molecule has 0 spiro atoms. The summed E-state index contributed by atoms with van der Waals surface area (Å²) in [6, 6.07) is 0.0378. The standard InChI is InChI=1S/C20H21F3N4O2/c1-4-5-15(28)26-12-7-20(22,23)9-27(8-12)18-14(21)6-13(19(24)29)17-16(18)10(2)11(3)25-17/h6,12,25H,7-9H2,1-3H3,(H2,24,29)(H,26,28)/t12-/m0/s1. The number of aromatic nitrogens is 1. The molecule has 0 bridgehead atoms. The van der Waals surface area contributed by atoms with Crippen LogP contribution in [0.3, 0.4) is 0 Å². The molecule has 1 aliphatic heterocycles. The molecule has 6 nitrogen and oxygen atoms in total. The van der Waals surface area contributed by atoms with E-state index in [0.29, 0.717) is 22.2 Å². The molecule has 1 aromatic heterocycles. The van der Waals surface area contributed by atoms with E-state index in [1.54, 1.807) is 13.8 Å². The summed E-state index contributed by atoms with van der Waals surface area (Å²) in [5, 5.41) is 2.78. The molecule has 0 saturated carbocycles. The highest BCUT2D eigenvalue weighted by Crippen LogP contribution is 2.39. The van der Waals surface area contributed by atoms with E-state index in [0.717, 1.165) is 6.07 Å². The van der Waals surface area contributed by atoms with Crippen LogP contribution >= 0.6 is 0 Å². The van der Waals surface area contributed by atoms with Gasteiger partial charge in [0.15, 0.2) is 0 Å². The van der Waals surface area contributed by atoms with Crippen LogP contribution in [0.2, 0.25) is 0 Å². The average molecular weight is 406 g/mol. The van der Waals surface area contributed by atoms with Crippen molar-refractivity contribution in [3.63, 3.8) is 0 Å². The number of anilines is 1. The Morgan fingerprint density at radius 1 is 1.38 bits per heavy atom. The summed E-state index contributed by atoms with van der Waals surface area (Å²) in [5.74, 6) is -0.815. The van der Waals surface area contributed by atoms with Crippen LogP contribution in [0, 0.1) is 31.5 Å². The minimum absolute atomic E-state index is 0.0294. The second kappa shape index (κ2) is 7.35. The first-order valence-electron chi connectivity index (χ1n) is 9.01. The highest BCUT2D eigenvalue weighted by molar-refractivity contribution is 6.10. The summed E-state index contributed by atoms with van der Waals surface area (Å²) in [4.78, 5) is 27.7. The van der Waals surface area contributed by atoms with Gasteiger partial charge in [-0.3, -0.25) is 9.59 Å². The van der Waals surface area contributed by atoms with Gasteiger partial charge in [0.05, 0.1) is 29.4 Å². The molecule has 9 heteroatoms. The highest BCUT2D eigenvalue weighted by Gasteiger charge is 2.42. The summed E-state index contributed by atoms with van der Waals surface area (Å²) in [5.41, 5.74) is 6.86. The molecule has 2 aromatic rings. The number of carbonyl (C=O) groups is 2. The molecule has 2 amide bonds. The van der Waals surface area contributed by atoms with Gasteiger partial charge in [0.1, 0.15) is 5.82 Å². The summed E-state index contributed by atoms with van der Waals surface area (Å²) in [7, 11) is 0. The Labute approximate surface area is 165 Å². The number of nitrogens with zero attached hydrogens (tertiary/aromatic N) is 1. The van der Waals surface area contributed by atoms with Crippen LogP contribution in [0.15, 0.2) is 6.07 Å². The number of halogens is 3. The maximum absolute atomic E-state index is 15.1. The van der Waals surface area contributed by atoms with Crippen molar-refractivity contribution in [1.82, 2.24) is 10.3 Å². The molecule has 1 saturated heterocycles. The van der Waals surface area contributed by atoms with Gasteiger partial charge in [-0.15, -0.1) is 0 Å². The number of nitrogens with two attached hydrogens (primary N) is 1. The maximum atomic E-state index is 15.1. The minimum Gasteiger partial charge on any atom is -0.366 e. The van der Waals surface area contributed by atoms with Gasteiger partial charge in [0.25, 0.3) is 17.7 Å². The van der Waals surface area contributed by atoms with Crippen LogP contribution in [-0.4, -0.2) is 41.9 Å². The fourth-order valence-electron chi connectivity index (χ4n) is 3.81. The number of hydrogen-bond acceptors (Lipinski definition) is 3. The lowest BCUT2D eigenvalue weighted by Gasteiger charge is -2.39. The monoisotopic (exact) mass is 406 g/mol. The largest absolute Gasteiger partial charge is 0.366 e. The van der Waals surface area contributed by atoms with E-state index in [4.69, 9.17) is 5.73 Å². The van der Waals surface area contributed by atoms with Gasteiger partial charge >= 0.3 is 0 Å². The third-order valence-electron chi connectivity index (χ3n) is 5.07. The van der Waals surface area contributed by atoms with Crippen molar-refractivity contribution in [2.45, 2.75) is 39.2 Å². The summed E-state index contributed by atoms with van der Waals surface area (Å²) in [6.45, 7) is 4.16. The highest BCUT2D eigenvalue weighted by atomic mass is 19.3. The molecular formula is C20H21F3N4O2. The summed E-state index contributed by atoms with van der Waals surface area (Å²) < 4.78 is 43.9. The van der Waals surface area contributed by atoms with Crippen LogP contribution in [0.1, 0.15) is 35.0 Å². The zero-order chi connectivity index (χ0) is 21.5. The van der Waals surface area contributed by atoms with Crippen molar-refractivity contribution < 1.29 is 22.8 Å². The number of nitrogens with one attached hydrogen (secondary N) is 2. The number of hydrogen-bond donors (Lipinski definition) is 3. The lowest BCUT2D eigenvalue weighted by Crippen LogP contribution is -2.55. The molecule has 1 atom stereocenters. The third kappa shape index (κ3) is 3.88.